The largest absolute Gasteiger partial charge is 0.491 e. The Balaban J connectivity index is 1.90. The maximum atomic E-state index is 12.4. The van der Waals surface area contributed by atoms with E-state index in [4.69, 9.17) is 9.47 Å². The van der Waals surface area contributed by atoms with Crippen LogP contribution < -0.4 is 20.1 Å². The third-order valence-electron chi connectivity index (χ3n) is 4.00. The molecule has 0 atom stereocenters. The molecule has 5 heteroatoms. The van der Waals surface area contributed by atoms with E-state index in [9.17, 15) is 4.79 Å². The van der Waals surface area contributed by atoms with Crippen molar-refractivity contribution >= 4 is 17.3 Å². The molecule has 0 spiro atoms. The summed E-state index contributed by atoms with van der Waals surface area (Å²) in [7, 11) is 0. The molecular formula is C22H30N2O3. The Morgan fingerprint density at radius 3 is 1.93 bits per heavy atom. The molecule has 0 bridgehead atoms. The van der Waals surface area contributed by atoms with Crippen molar-refractivity contribution in [3.05, 3.63) is 48.5 Å². The van der Waals surface area contributed by atoms with Crippen molar-refractivity contribution in [2.24, 2.45) is 0 Å². The van der Waals surface area contributed by atoms with Gasteiger partial charge in [0.05, 0.1) is 31.1 Å². The van der Waals surface area contributed by atoms with Crippen LogP contribution >= 0.6 is 0 Å². The fourth-order valence-electron chi connectivity index (χ4n) is 2.46. The van der Waals surface area contributed by atoms with Crippen LogP contribution in [0.2, 0.25) is 0 Å². The zero-order valence-corrected chi connectivity index (χ0v) is 16.3. The number of carbonyl (C=O) groups is 1. The van der Waals surface area contributed by atoms with Gasteiger partial charge >= 0.3 is 0 Å². The van der Waals surface area contributed by atoms with Crippen LogP contribution in [0.3, 0.4) is 0 Å². The molecule has 0 saturated heterocycles. The number of amides is 1. The number of para-hydroxylation sites is 4. The molecule has 2 rings (SSSR count). The molecule has 2 aromatic rings. The standard InChI is InChI=1S/C22H30N2O3/c1-3-5-15-26-20-13-9-7-11-18(20)23-17-22(25)24-19-12-8-10-14-21(19)27-16-6-4-2/h7-14,23H,3-6,15-17H2,1-2H3,(H,24,25). The highest BCUT2D eigenvalue weighted by atomic mass is 16.5. The lowest BCUT2D eigenvalue weighted by molar-refractivity contribution is -0.114. The van der Waals surface area contributed by atoms with E-state index < -0.39 is 0 Å². The minimum Gasteiger partial charge on any atom is -0.491 e. The number of nitrogens with one attached hydrogen (secondary N) is 2. The Hall–Kier alpha value is -2.69. The van der Waals surface area contributed by atoms with Crippen LogP contribution in [-0.4, -0.2) is 25.7 Å². The van der Waals surface area contributed by atoms with Crippen LogP contribution in [0, 0.1) is 0 Å². The van der Waals surface area contributed by atoms with Crippen LogP contribution in [0.4, 0.5) is 11.4 Å². The molecule has 27 heavy (non-hydrogen) atoms. The van der Waals surface area contributed by atoms with Crippen molar-refractivity contribution in [2.45, 2.75) is 39.5 Å². The summed E-state index contributed by atoms with van der Waals surface area (Å²) in [6.45, 7) is 5.71. The molecule has 1 amide bonds. The molecule has 0 radical (unpaired) electrons. The van der Waals surface area contributed by atoms with Crippen LogP contribution in [0.5, 0.6) is 11.5 Å². The fraction of sp³-hybridized carbons (Fsp3) is 0.409. The van der Waals surface area contributed by atoms with Crippen molar-refractivity contribution in [1.82, 2.24) is 0 Å². The van der Waals surface area contributed by atoms with E-state index in [-0.39, 0.29) is 12.5 Å². The number of hydrogen-bond donors (Lipinski definition) is 2. The van der Waals surface area contributed by atoms with E-state index in [0.717, 1.165) is 37.1 Å². The first-order valence-electron chi connectivity index (χ1n) is 9.72. The SMILES string of the molecule is CCCCOc1ccccc1NCC(=O)Nc1ccccc1OCCCC. The summed E-state index contributed by atoms with van der Waals surface area (Å²) in [6, 6.07) is 15.2. The summed E-state index contributed by atoms with van der Waals surface area (Å²) in [5.74, 6) is 1.33. The van der Waals surface area contributed by atoms with E-state index in [2.05, 4.69) is 24.5 Å². The Morgan fingerprint density at radius 1 is 0.815 bits per heavy atom. The first-order chi connectivity index (χ1) is 13.2. The van der Waals surface area contributed by atoms with Crippen LogP contribution in [0.25, 0.3) is 0 Å². The molecule has 0 aliphatic heterocycles. The average Bonchev–Trinajstić information content (AvgIpc) is 2.69. The van der Waals surface area contributed by atoms with Gasteiger partial charge in [0.25, 0.3) is 0 Å². The van der Waals surface area contributed by atoms with Crippen molar-refractivity contribution in [2.75, 3.05) is 30.4 Å². The number of benzene rings is 2. The highest BCUT2D eigenvalue weighted by Gasteiger charge is 2.09. The smallest absolute Gasteiger partial charge is 0.243 e. The molecule has 0 fully saturated rings. The Bertz CT molecular complexity index is 703. The second kappa shape index (κ2) is 11.8. The lowest BCUT2D eigenvalue weighted by Crippen LogP contribution is -2.22. The van der Waals surface area contributed by atoms with E-state index >= 15 is 0 Å². The summed E-state index contributed by atoms with van der Waals surface area (Å²) in [6.07, 6.45) is 4.14. The summed E-state index contributed by atoms with van der Waals surface area (Å²) in [4.78, 5) is 12.4. The fourth-order valence-corrected chi connectivity index (χ4v) is 2.46. The van der Waals surface area contributed by atoms with Gasteiger partial charge in [0.15, 0.2) is 0 Å². The highest BCUT2D eigenvalue weighted by molar-refractivity contribution is 5.95. The number of rotatable bonds is 12. The Morgan fingerprint density at radius 2 is 1.33 bits per heavy atom. The van der Waals surface area contributed by atoms with Gasteiger partial charge in [-0.3, -0.25) is 4.79 Å². The summed E-state index contributed by atoms with van der Waals surface area (Å²) >= 11 is 0. The van der Waals surface area contributed by atoms with Gasteiger partial charge in [-0.15, -0.1) is 0 Å². The molecule has 0 unspecified atom stereocenters. The molecule has 5 nitrogen and oxygen atoms in total. The van der Waals surface area contributed by atoms with Gasteiger partial charge in [-0.25, -0.2) is 0 Å². The predicted molar refractivity (Wildman–Crippen MR) is 111 cm³/mol. The number of unbranched alkanes of at least 4 members (excludes halogenated alkanes) is 2. The van der Waals surface area contributed by atoms with Gasteiger partial charge in [-0.05, 0) is 37.1 Å². The lowest BCUT2D eigenvalue weighted by Gasteiger charge is -2.14. The van der Waals surface area contributed by atoms with E-state index in [1.807, 2.05) is 48.5 Å². The zero-order valence-electron chi connectivity index (χ0n) is 16.3. The molecular weight excluding hydrogens is 340 g/mol. The molecule has 0 aliphatic carbocycles. The second-order valence-corrected chi connectivity index (χ2v) is 6.30. The van der Waals surface area contributed by atoms with E-state index in [0.29, 0.717) is 24.7 Å². The second-order valence-electron chi connectivity index (χ2n) is 6.30. The van der Waals surface area contributed by atoms with Crippen LogP contribution in [-0.2, 0) is 4.79 Å². The van der Waals surface area contributed by atoms with Gasteiger partial charge in [-0.2, -0.15) is 0 Å². The van der Waals surface area contributed by atoms with E-state index in [1.54, 1.807) is 0 Å². The van der Waals surface area contributed by atoms with Crippen LogP contribution in [0.15, 0.2) is 48.5 Å². The number of carbonyl (C=O) groups excluding carboxylic acids is 1. The maximum Gasteiger partial charge on any atom is 0.243 e. The lowest BCUT2D eigenvalue weighted by atomic mass is 10.2. The van der Waals surface area contributed by atoms with Gasteiger partial charge in [-0.1, -0.05) is 51.0 Å². The molecule has 0 heterocycles. The molecule has 2 N–H and O–H groups in total. The minimum atomic E-state index is -0.134. The summed E-state index contributed by atoms with van der Waals surface area (Å²) < 4.78 is 11.5. The quantitative estimate of drug-likeness (QED) is 0.511. The van der Waals surface area contributed by atoms with Crippen molar-refractivity contribution in [3.63, 3.8) is 0 Å². The van der Waals surface area contributed by atoms with Crippen molar-refractivity contribution in [1.29, 1.82) is 0 Å². The van der Waals surface area contributed by atoms with Gasteiger partial charge in [0.1, 0.15) is 11.5 Å². The average molecular weight is 370 g/mol. The number of ether oxygens (including phenoxy) is 2. The zero-order chi connectivity index (χ0) is 19.3. The van der Waals surface area contributed by atoms with E-state index in [1.165, 1.54) is 0 Å². The molecule has 0 aromatic heterocycles. The molecule has 146 valence electrons. The van der Waals surface area contributed by atoms with Crippen molar-refractivity contribution < 1.29 is 14.3 Å². The number of anilines is 2. The third kappa shape index (κ3) is 7.21. The Kier molecular flexibility index (Phi) is 9.04. The predicted octanol–water partition coefficient (Wildman–Crippen LogP) is 5.10. The van der Waals surface area contributed by atoms with Gasteiger partial charge in [0.2, 0.25) is 5.91 Å². The third-order valence-corrected chi connectivity index (χ3v) is 4.00. The van der Waals surface area contributed by atoms with Crippen LogP contribution in [0.1, 0.15) is 39.5 Å². The molecule has 0 saturated carbocycles. The first-order valence-corrected chi connectivity index (χ1v) is 9.72. The minimum absolute atomic E-state index is 0.134. The van der Waals surface area contributed by atoms with Crippen molar-refractivity contribution in [3.8, 4) is 11.5 Å². The molecule has 2 aromatic carbocycles. The topological polar surface area (TPSA) is 59.6 Å². The summed E-state index contributed by atoms with van der Waals surface area (Å²) in [5.41, 5.74) is 1.50. The maximum absolute atomic E-state index is 12.4. The Labute approximate surface area is 162 Å². The molecule has 0 aliphatic rings. The normalized spacial score (nSPS) is 10.3. The van der Waals surface area contributed by atoms with Gasteiger partial charge < -0.3 is 20.1 Å². The number of hydrogen-bond acceptors (Lipinski definition) is 4. The van der Waals surface area contributed by atoms with Gasteiger partial charge in [0, 0.05) is 0 Å². The first kappa shape index (κ1) is 20.6. The highest BCUT2D eigenvalue weighted by Crippen LogP contribution is 2.25. The summed E-state index contributed by atoms with van der Waals surface area (Å²) in [5, 5.41) is 6.07. The monoisotopic (exact) mass is 370 g/mol.